The molecule has 13 heavy (non-hydrogen) atoms. The largest absolute Gasteiger partial charge is 0.437 e. The molecule has 0 aliphatic heterocycles. The quantitative estimate of drug-likeness (QED) is 0.659. The van der Waals surface area contributed by atoms with Crippen LogP contribution in [0.3, 0.4) is 0 Å². The summed E-state index contributed by atoms with van der Waals surface area (Å²) >= 11 is 0. The Morgan fingerprint density at radius 3 is 2.77 bits per heavy atom. The Hall–Kier alpha value is -1.29. The van der Waals surface area contributed by atoms with Crippen molar-refractivity contribution in [3.05, 3.63) is 24.3 Å². The van der Waals surface area contributed by atoms with E-state index in [0.717, 1.165) is 0 Å². The zero-order chi connectivity index (χ0) is 9.90. The molecule has 0 aromatic heterocycles. The van der Waals surface area contributed by atoms with Gasteiger partial charge in [-0.3, -0.25) is 0 Å². The zero-order valence-corrected chi connectivity index (χ0v) is 7.57. The predicted octanol–water partition coefficient (Wildman–Crippen LogP) is 0.684. The van der Waals surface area contributed by atoms with E-state index in [0.29, 0.717) is 6.42 Å². The molecule has 2 unspecified atom stereocenters. The molecule has 0 spiro atoms. The summed E-state index contributed by atoms with van der Waals surface area (Å²) in [4.78, 5) is 10.7. The van der Waals surface area contributed by atoms with E-state index in [1.165, 1.54) is 0 Å². The number of carbonyl (C=O) groups is 1. The van der Waals surface area contributed by atoms with Gasteiger partial charge in [-0.25, -0.2) is 4.79 Å². The Balaban J connectivity index is 2.85. The molecule has 0 radical (unpaired) electrons. The van der Waals surface area contributed by atoms with Crippen LogP contribution in [0.4, 0.5) is 4.79 Å². The molecule has 0 aromatic carbocycles. The van der Waals surface area contributed by atoms with Gasteiger partial charge < -0.3 is 16.2 Å². The maximum Gasteiger partial charge on any atom is 0.405 e. The van der Waals surface area contributed by atoms with Crippen LogP contribution in [0.1, 0.15) is 13.3 Å². The van der Waals surface area contributed by atoms with E-state index in [9.17, 15) is 4.79 Å². The minimum atomic E-state index is -0.794. The Bertz CT molecular complexity index is 260. The molecule has 1 amide bonds. The second kappa shape index (κ2) is 3.62. The highest BCUT2D eigenvalue weighted by Crippen LogP contribution is 2.25. The van der Waals surface area contributed by atoms with Crippen LogP contribution in [0.15, 0.2) is 24.3 Å². The van der Waals surface area contributed by atoms with Gasteiger partial charge in [-0.05, 0) is 12.5 Å². The van der Waals surface area contributed by atoms with E-state index in [-0.39, 0.29) is 6.04 Å². The van der Waals surface area contributed by atoms with Crippen molar-refractivity contribution in [2.24, 2.45) is 11.5 Å². The molecule has 0 saturated heterocycles. The Labute approximate surface area is 77.2 Å². The standard InChI is InChI=1S/C9H14N2O2/c1-2-9(13-8(11)12)6-4-3-5-7(9)10/h3-7H,2,10H2,1H3,(H2,11,12). The highest BCUT2D eigenvalue weighted by molar-refractivity contribution is 5.66. The lowest BCUT2D eigenvalue weighted by molar-refractivity contribution is 0.0405. The van der Waals surface area contributed by atoms with Gasteiger partial charge in [0.15, 0.2) is 5.60 Å². The molecule has 0 saturated carbocycles. The van der Waals surface area contributed by atoms with Gasteiger partial charge in [0, 0.05) is 0 Å². The van der Waals surface area contributed by atoms with Crippen LogP contribution < -0.4 is 11.5 Å². The first-order valence-electron chi connectivity index (χ1n) is 4.21. The molecule has 1 aliphatic rings. The fraction of sp³-hybridized carbons (Fsp3) is 0.444. The summed E-state index contributed by atoms with van der Waals surface area (Å²) in [6.45, 7) is 1.90. The van der Waals surface area contributed by atoms with Crippen LogP contribution in [0.5, 0.6) is 0 Å². The summed E-state index contributed by atoms with van der Waals surface area (Å²) in [6.07, 6.45) is 6.99. The number of hydrogen-bond donors (Lipinski definition) is 2. The molecule has 0 heterocycles. The Morgan fingerprint density at radius 2 is 2.31 bits per heavy atom. The first-order valence-corrected chi connectivity index (χ1v) is 4.21. The average Bonchev–Trinajstić information content (AvgIpc) is 2.08. The molecule has 4 N–H and O–H groups in total. The van der Waals surface area contributed by atoms with E-state index in [4.69, 9.17) is 16.2 Å². The van der Waals surface area contributed by atoms with Crippen LogP contribution in [0, 0.1) is 0 Å². The number of allylic oxidation sites excluding steroid dienone is 2. The van der Waals surface area contributed by atoms with Crippen molar-refractivity contribution in [1.82, 2.24) is 0 Å². The minimum Gasteiger partial charge on any atom is -0.437 e. The van der Waals surface area contributed by atoms with Crippen molar-refractivity contribution < 1.29 is 9.53 Å². The van der Waals surface area contributed by atoms with Gasteiger partial charge in [-0.2, -0.15) is 0 Å². The maximum atomic E-state index is 10.7. The van der Waals surface area contributed by atoms with Crippen LogP contribution in [-0.2, 0) is 4.74 Å². The predicted molar refractivity (Wildman–Crippen MR) is 49.9 cm³/mol. The second-order valence-electron chi connectivity index (χ2n) is 3.00. The van der Waals surface area contributed by atoms with Crippen molar-refractivity contribution in [1.29, 1.82) is 0 Å². The number of primary amides is 1. The zero-order valence-electron chi connectivity index (χ0n) is 7.57. The lowest BCUT2D eigenvalue weighted by Crippen LogP contribution is -2.50. The van der Waals surface area contributed by atoms with Crippen molar-refractivity contribution in [2.75, 3.05) is 0 Å². The topological polar surface area (TPSA) is 78.3 Å². The van der Waals surface area contributed by atoms with Gasteiger partial charge in [0.05, 0.1) is 6.04 Å². The van der Waals surface area contributed by atoms with Crippen LogP contribution in [-0.4, -0.2) is 17.7 Å². The third-order valence-electron chi connectivity index (χ3n) is 2.22. The monoisotopic (exact) mass is 182 g/mol. The van der Waals surface area contributed by atoms with E-state index >= 15 is 0 Å². The van der Waals surface area contributed by atoms with Gasteiger partial charge in [0.2, 0.25) is 0 Å². The molecule has 4 nitrogen and oxygen atoms in total. The van der Waals surface area contributed by atoms with Gasteiger partial charge in [-0.15, -0.1) is 0 Å². The molecule has 1 aliphatic carbocycles. The summed E-state index contributed by atoms with van der Waals surface area (Å²) in [5.74, 6) is 0. The molecular weight excluding hydrogens is 168 g/mol. The molecule has 0 fully saturated rings. The summed E-state index contributed by atoms with van der Waals surface area (Å²) in [5, 5.41) is 0. The lowest BCUT2D eigenvalue weighted by Gasteiger charge is -2.34. The fourth-order valence-electron chi connectivity index (χ4n) is 1.39. The number of rotatable bonds is 2. The molecular formula is C9H14N2O2. The number of amides is 1. The summed E-state index contributed by atoms with van der Waals surface area (Å²) in [7, 11) is 0. The maximum absolute atomic E-state index is 10.7. The van der Waals surface area contributed by atoms with E-state index in [1.54, 1.807) is 18.2 Å². The number of nitrogens with two attached hydrogens (primary N) is 2. The molecule has 0 aromatic rings. The average molecular weight is 182 g/mol. The third-order valence-corrected chi connectivity index (χ3v) is 2.22. The Kier molecular flexibility index (Phi) is 2.72. The second-order valence-corrected chi connectivity index (χ2v) is 3.00. The molecule has 72 valence electrons. The normalized spacial score (nSPS) is 31.7. The summed E-state index contributed by atoms with van der Waals surface area (Å²) in [5.41, 5.74) is 10.0. The minimum absolute atomic E-state index is 0.324. The number of hydrogen-bond acceptors (Lipinski definition) is 3. The van der Waals surface area contributed by atoms with E-state index < -0.39 is 11.7 Å². The highest BCUT2D eigenvalue weighted by Gasteiger charge is 2.35. The van der Waals surface area contributed by atoms with Crippen LogP contribution in [0.2, 0.25) is 0 Å². The third kappa shape index (κ3) is 1.89. The van der Waals surface area contributed by atoms with Crippen LogP contribution >= 0.6 is 0 Å². The fourth-order valence-corrected chi connectivity index (χ4v) is 1.39. The summed E-state index contributed by atoms with van der Waals surface area (Å²) < 4.78 is 5.02. The number of carbonyl (C=O) groups excluding carboxylic acids is 1. The van der Waals surface area contributed by atoms with Crippen molar-refractivity contribution in [2.45, 2.75) is 25.0 Å². The van der Waals surface area contributed by atoms with E-state index in [2.05, 4.69) is 0 Å². The summed E-state index contributed by atoms with van der Waals surface area (Å²) in [6, 6.07) is -0.324. The SMILES string of the molecule is CCC1(OC(N)=O)C=CC=CC1N. The smallest absolute Gasteiger partial charge is 0.405 e. The Morgan fingerprint density at radius 1 is 1.62 bits per heavy atom. The van der Waals surface area contributed by atoms with Crippen LogP contribution in [0.25, 0.3) is 0 Å². The highest BCUT2D eigenvalue weighted by atomic mass is 16.6. The molecule has 1 rings (SSSR count). The first kappa shape index (κ1) is 9.80. The molecule has 2 atom stereocenters. The van der Waals surface area contributed by atoms with E-state index in [1.807, 2.05) is 13.0 Å². The number of ether oxygens (including phenoxy) is 1. The van der Waals surface area contributed by atoms with Crippen molar-refractivity contribution >= 4 is 6.09 Å². The lowest BCUT2D eigenvalue weighted by atomic mass is 9.88. The van der Waals surface area contributed by atoms with Crippen molar-refractivity contribution in [3.63, 3.8) is 0 Å². The molecule has 0 bridgehead atoms. The van der Waals surface area contributed by atoms with Gasteiger partial charge in [0.25, 0.3) is 0 Å². The first-order chi connectivity index (χ1) is 6.10. The van der Waals surface area contributed by atoms with Gasteiger partial charge >= 0.3 is 6.09 Å². The van der Waals surface area contributed by atoms with Gasteiger partial charge in [0.1, 0.15) is 0 Å². The van der Waals surface area contributed by atoms with Gasteiger partial charge in [-0.1, -0.05) is 25.2 Å². The van der Waals surface area contributed by atoms with Crippen molar-refractivity contribution in [3.8, 4) is 0 Å². The molecule has 4 heteroatoms.